The van der Waals surface area contributed by atoms with Crippen LogP contribution in [0.3, 0.4) is 0 Å². The van der Waals surface area contributed by atoms with Crippen molar-refractivity contribution < 1.29 is 18.8 Å². The molecule has 0 unspecified atom stereocenters. The number of piperidine rings is 2. The smallest absolute Gasteiger partial charge is 0.320 e. The van der Waals surface area contributed by atoms with E-state index in [9.17, 15) is 19.3 Å². The lowest BCUT2D eigenvalue weighted by atomic mass is 9.86. The van der Waals surface area contributed by atoms with Crippen LogP contribution in [0.15, 0.2) is 18.2 Å². The molecule has 0 atom stereocenters. The van der Waals surface area contributed by atoms with Gasteiger partial charge in [0, 0.05) is 19.2 Å². The number of ether oxygens (including phenoxy) is 1. The van der Waals surface area contributed by atoms with Gasteiger partial charge in [-0.25, -0.2) is 4.39 Å². The van der Waals surface area contributed by atoms with E-state index < -0.39 is 10.7 Å². The first kappa shape index (κ1) is 23.4. The summed E-state index contributed by atoms with van der Waals surface area (Å²) in [4.78, 5) is 26.0. The second-order valence-electron chi connectivity index (χ2n) is 8.78. The van der Waals surface area contributed by atoms with Gasteiger partial charge in [0.05, 0.1) is 29.8 Å². The predicted molar refractivity (Wildman–Crippen MR) is 118 cm³/mol. The lowest BCUT2D eigenvalue weighted by Crippen LogP contribution is -2.38. The van der Waals surface area contributed by atoms with Gasteiger partial charge < -0.3 is 9.64 Å². The third-order valence-corrected chi connectivity index (χ3v) is 6.69. The van der Waals surface area contributed by atoms with Crippen LogP contribution in [0.1, 0.15) is 51.9 Å². The van der Waals surface area contributed by atoms with Gasteiger partial charge in [-0.15, -0.1) is 0 Å². The molecular weight excluding hydrogens is 401 g/mol. The average Bonchev–Trinajstić information content (AvgIpc) is 2.75. The fourth-order valence-corrected chi connectivity index (χ4v) is 4.85. The molecular formula is C23H34FN3O4. The third kappa shape index (κ3) is 6.89. The summed E-state index contributed by atoms with van der Waals surface area (Å²) in [6, 6.07) is 3.92. The van der Waals surface area contributed by atoms with Crippen LogP contribution in [0.2, 0.25) is 0 Å². The molecule has 0 amide bonds. The van der Waals surface area contributed by atoms with Gasteiger partial charge in [-0.3, -0.25) is 19.8 Å². The molecule has 172 valence electrons. The van der Waals surface area contributed by atoms with Crippen LogP contribution in [0.5, 0.6) is 0 Å². The number of benzene rings is 1. The first-order valence-electron chi connectivity index (χ1n) is 11.5. The van der Waals surface area contributed by atoms with Gasteiger partial charge in [0.2, 0.25) is 0 Å². The minimum atomic E-state index is -0.566. The van der Waals surface area contributed by atoms with Crippen molar-refractivity contribution in [1.82, 2.24) is 4.90 Å². The standard InChI is InChI=1S/C23H34FN3O4/c1-2-31-23(28)17-25-12-8-18(9-13-25)4-3-5-19-10-14-26(15-11-19)22-7-6-20(27(29)30)16-21(22)24/h6-7,16,18-19H,2-5,8-15,17H2,1H3. The lowest BCUT2D eigenvalue weighted by molar-refractivity contribution is -0.385. The largest absolute Gasteiger partial charge is 0.465 e. The second kappa shape index (κ2) is 11.4. The van der Waals surface area contributed by atoms with E-state index >= 15 is 0 Å². The summed E-state index contributed by atoms with van der Waals surface area (Å²) in [7, 11) is 0. The van der Waals surface area contributed by atoms with Gasteiger partial charge >= 0.3 is 5.97 Å². The second-order valence-corrected chi connectivity index (χ2v) is 8.78. The Morgan fingerprint density at radius 2 is 1.74 bits per heavy atom. The van der Waals surface area contributed by atoms with Gasteiger partial charge in [0.25, 0.3) is 5.69 Å². The Hall–Kier alpha value is -2.22. The molecule has 7 nitrogen and oxygen atoms in total. The molecule has 1 aromatic rings. The van der Waals surface area contributed by atoms with E-state index in [0.717, 1.165) is 63.8 Å². The van der Waals surface area contributed by atoms with E-state index in [1.54, 1.807) is 0 Å². The van der Waals surface area contributed by atoms with E-state index in [1.807, 2.05) is 11.8 Å². The topological polar surface area (TPSA) is 75.9 Å². The van der Waals surface area contributed by atoms with Gasteiger partial charge in [-0.05, 0) is 63.6 Å². The Balaban J connectivity index is 1.32. The summed E-state index contributed by atoms with van der Waals surface area (Å²) in [6.45, 7) is 6.23. The number of hydrogen-bond acceptors (Lipinski definition) is 6. The number of carbonyl (C=O) groups is 1. The number of rotatable bonds is 9. The average molecular weight is 436 g/mol. The number of esters is 1. The van der Waals surface area contributed by atoms with E-state index in [-0.39, 0.29) is 11.7 Å². The molecule has 0 aromatic heterocycles. The van der Waals surface area contributed by atoms with Gasteiger partial charge in [-0.2, -0.15) is 0 Å². The summed E-state index contributed by atoms with van der Waals surface area (Å²) in [5, 5.41) is 10.8. The SMILES string of the molecule is CCOC(=O)CN1CCC(CCCC2CCN(c3ccc([N+](=O)[O-])cc3F)CC2)CC1. The van der Waals surface area contributed by atoms with Crippen LogP contribution >= 0.6 is 0 Å². The maximum Gasteiger partial charge on any atom is 0.320 e. The number of hydrogen-bond donors (Lipinski definition) is 0. The third-order valence-electron chi connectivity index (χ3n) is 6.69. The van der Waals surface area contributed by atoms with Gasteiger partial charge in [0.1, 0.15) is 0 Å². The maximum atomic E-state index is 14.3. The number of anilines is 1. The normalized spacial score (nSPS) is 18.8. The van der Waals surface area contributed by atoms with Gasteiger partial charge in [-0.1, -0.05) is 19.3 Å². The molecule has 8 heteroatoms. The molecule has 0 N–H and O–H groups in total. The Kier molecular flexibility index (Phi) is 8.63. The molecule has 31 heavy (non-hydrogen) atoms. The molecule has 0 aliphatic carbocycles. The van der Waals surface area contributed by atoms with Crippen molar-refractivity contribution in [3.05, 3.63) is 34.1 Å². The molecule has 2 fully saturated rings. The summed E-state index contributed by atoms with van der Waals surface area (Å²) in [6.07, 6.45) is 8.04. The predicted octanol–water partition coefficient (Wildman–Crippen LogP) is 4.40. The van der Waals surface area contributed by atoms with Crippen LogP contribution in [-0.4, -0.2) is 55.1 Å². The molecule has 0 spiro atoms. The molecule has 2 aliphatic rings. The van der Waals surface area contributed by atoms with E-state index in [2.05, 4.69) is 4.90 Å². The summed E-state index contributed by atoms with van der Waals surface area (Å²) in [5.74, 6) is 0.775. The highest BCUT2D eigenvalue weighted by Gasteiger charge is 2.24. The van der Waals surface area contributed by atoms with Crippen LogP contribution in [0, 0.1) is 27.8 Å². The highest BCUT2D eigenvalue weighted by atomic mass is 19.1. The summed E-state index contributed by atoms with van der Waals surface area (Å²) >= 11 is 0. The molecule has 3 rings (SSSR count). The zero-order valence-corrected chi connectivity index (χ0v) is 18.4. The fourth-order valence-electron chi connectivity index (χ4n) is 4.85. The minimum absolute atomic E-state index is 0.124. The van der Waals surface area contributed by atoms with E-state index in [1.165, 1.54) is 31.4 Å². The Labute approximate surface area is 183 Å². The number of halogens is 1. The Morgan fingerprint density at radius 1 is 1.13 bits per heavy atom. The van der Waals surface area contributed by atoms with Crippen molar-refractivity contribution in [1.29, 1.82) is 0 Å². The quantitative estimate of drug-likeness (QED) is 0.325. The molecule has 2 aliphatic heterocycles. The molecule has 0 bridgehead atoms. The van der Waals surface area contributed by atoms with Crippen molar-refractivity contribution in [2.75, 3.05) is 44.2 Å². The molecule has 0 radical (unpaired) electrons. The zero-order valence-electron chi connectivity index (χ0n) is 18.4. The number of nitro benzene ring substituents is 1. The maximum absolute atomic E-state index is 14.3. The Morgan fingerprint density at radius 3 is 2.29 bits per heavy atom. The highest BCUT2D eigenvalue weighted by molar-refractivity contribution is 5.71. The van der Waals surface area contributed by atoms with Crippen molar-refractivity contribution in [2.45, 2.75) is 51.9 Å². The fraction of sp³-hybridized carbons (Fsp3) is 0.696. The van der Waals surface area contributed by atoms with Crippen LogP contribution in [0.25, 0.3) is 0 Å². The lowest BCUT2D eigenvalue weighted by Gasteiger charge is -2.34. The number of nitrogens with zero attached hydrogens (tertiary/aromatic N) is 3. The van der Waals surface area contributed by atoms with Crippen LogP contribution in [0.4, 0.5) is 15.8 Å². The molecule has 1 aromatic carbocycles. The molecule has 0 saturated carbocycles. The highest BCUT2D eigenvalue weighted by Crippen LogP contribution is 2.31. The first-order valence-corrected chi connectivity index (χ1v) is 11.5. The van der Waals surface area contributed by atoms with Crippen molar-refractivity contribution >= 4 is 17.3 Å². The number of carbonyl (C=O) groups excluding carboxylic acids is 1. The first-order chi connectivity index (χ1) is 15.0. The monoisotopic (exact) mass is 435 g/mol. The van der Waals surface area contributed by atoms with E-state index in [4.69, 9.17) is 4.74 Å². The van der Waals surface area contributed by atoms with E-state index in [0.29, 0.717) is 24.8 Å². The summed E-state index contributed by atoms with van der Waals surface area (Å²) < 4.78 is 19.3. The van der Waals surface area contributed by atoms with Crippen LogP contribution in [-0.2, 0) is 9.53 Å². The summed E-state index contributed by atoms with van der Waals surface area (Å²) in [5.41, 5.74) is 0.265. The number of likely N-dealkylation sites (tertiary alicyclic amines) is 1. The molecule has 2 saturated heterocycles. The number of nitro groups is 1. The zero-order chi connectivity index (χ0) is 22.2. The minimum Gasteiger partial charge on any atom is -0.465 e. The van der Waals surface area contributed by atoms with Crippen molar-refractivity contribution in [3.8, 4) is 0 Å². The van der Waals surface area contributed by atoms with Gasteiger partial charge in [0.15, 0.2) is 5.82 Å². The van der Waals surface area contributed by atoms with Crippen molar-refractivity contribution in [2.24, 2.45) is 11.8 Å². The molecule has 2 heterocycles. The van der Waals surface area contributed by atoms with Crippen LogP contribution < -0.4 is 4.90 Å². The number of non-ortho nitro benzene ring substituents is 1. The Bertz CT molecular complexity index is 744. The van der Waals surface area contributed by atoms with Crippen molar-refractivity contribution in [3.63, 3.8) is 0 Å².